The van der Waals surface area contributed by atoms with E-state index in [9.17, 15) is 55.4 Å². The number of fused-ring (bicyclic) bond motifs is 12. The van der Waals surface area contributed by atoms with E-state index in [0.29, 0.717) is 148 Å². The van der Waals surface area contributed by atoms with E-state index in [0.717, 1.165) is 30.3 Å². The average molecular weight is 1620 g/mol. The zero-order valence-corrected chi connectivity index (χ0v) is 63.9. The number of halogens is 4. The van der Waals surface area contributed by atoms with Crippen LogP contribution in [-0.4, -0.2) is 124 Å². The number of anilines is 9. The van der Waals surface area contributed by atoms with Crippen molar-refractivity contribution in [1.82, 2.24) is 44.1 Å². The lowest BCUT2D eigenvalue weighted by Gasteiger charge is -2.10. The summed E-state index contributed by atoms with van der Waals surface area (Å²) in [6.45, 7) is 3.27. The quantitative estimate of drug-likeness (QED) is 0.0307. The van der Waals surface area contributed by atoms with E-state index < -0.39 is 87.4 Å². The van der Waals surface area contributed by atoms with E-state index in [1.165, 1.54) is 30.5 Å². The first-order valence-corrected chi connectivity index (χ1v) is 43.8. The lowest BCUT2D eigenvalue weighted by molar-refractivity contribution is 0.546. The van der Waals surface area contributed by atoms with Gasteiger partial charge in [-0.25, -0.2) is 98.9 Å². The number of hydrogen-bond donors (Lipinski definition) is 12. The number of aryl methyl sites for hydroxylation is 1. The van der Waals surface area contributed by atoms with Crippen LogP contribution in [0, 0.1) is 80.1 Å². The minimum Gasteiger partial charge on any atom is -0.369 e. The fourth-order valence-corrected chi connectivity index (χ4v) is 18.3. The second kappa shape index (κ2) is 37.2. The highest BCUT2D eigenvalue weighted by Crippen LogP contribution is 2.28. The molecule has 0 spiro atoms. The zero-order valence-electron chi connectivity index (χ0n) is 59.0. The molecule has 37 heteroatoms. The first kappa shape index (κ1) is 81.8. The van der Waals surface area contributed by atoms with Gasteiger partial charge in [0.2, 0.25) is 47.9 Å². The Hall–Kier alpha value is -10.7. The number of benzene rings is 6. The summed E-state index contributed by atoms with van der Waals surface area (Å²) in [7, 11) is -20.7. The molecule has 3 unspecified atom stereocenters. The third-order valence-electron chi connectivity index (χ3n) is 16.2. The highest BCUT2D eigenvalue weighted by Gasteiger charge is 2.23. The average Bonchev–Trinajstić information content (AvgIpc) is 1.18. The molecular weight excluding hydrogens is 1540 g/mol. The smallest absolute Gasteiger partial charge is 0.243 e. The van der Waals surface area contributed by atoms with Gasteiger partial charge in [-0.2, -0.15) is 15.0 Å². The van der Waals surface area contributed by atoms with Crippen molar-refractivity contribution in [3.05, 3.63) is 198 Å². The van der Waals surface area contributed by atoms with Crippen LogP contribution in [0.2, 0.25) is 0 Å². The summed E-state index contributed by atoms with van der Waals surface area (Å²) in [6.07, 6.45) is 9.03. The van der Waals surface area contributed by atoms with Crippen molar-refractivity contribution in [1.29, 1.82) is 14.3 Å². The van der Waals surface area contributed by atoms with Crippen LogP contribution in [0.25, 0.3) is 0 Å². The molecule has 12 rings (SSSR count). The fourth-order valence-electron chi connectivity index (χ4n) is 10.6. The van der Waals surface area contributed by atoms with Gasteiger partial charge in [-0.05, 0) is 160 Å². The summed E-state index contributed by atoms with van der Waals surface area (Å²) in [6, 6.07) is 31.4. The largest absolute Gasteiger partial charge is 0.369 e. The third-order valence-corrected chi connectivity index (χ3v) is 26.3. The summed E-state index contributed by atoms with van der Waals surface area (Å²) < 4.78 is 198. The van der Waals surface area contributed by atoms with Crippen molar-refractivity contribution in [2.75, 3.05) is 88.4 Å². The molecule has 0 saturated heterocycles. The van der Waals surface area contributed by atoms with Crippen LogP contribution < -0.4 is 46.1 Å². The Morgan fingerprint density at radius 3 is 1.15 bits per heavy atom. The van der Waals surface area contributed by atoms with Gasteiger partial charge in [0.15, 0.2) is 0 Å². The standard InChI is InChI=1S/C25H27FN6O3S2.C24H24F2N6O3S2.C24H25FN6O3S2/c1-18-10-11-22(26)23(15-18)37(34,35)30-13-3-2-7-19-17-29-25-31-20-8-6-9-21(16-20)36(27,33)14-5-4-12-28-24(19)32-25;25-18-9-10-21(26)22(14-18)37(34,35)30-12-2-1-6-17-16-29-24-31-19-7-5-8-20(15-19)36(27,33)13-4-3-11-28-23(17)32-24;25-19-9-11-21(12-10-19)36(33,34)29-14-2-1-6-18-17-28-24-30-20-7-5-8-22(16-20)35(26,32)15-4-3-13-27-23(18)31-24/h6,8-11,15-17,27,30H,3-5,12-14H2,1H3,(H2,28,29,31,32);5,7-10,14-16,27,30H,2-4,11-13H2,(H2,28,29,31,32);5,7-12,16-17,26,29H,2-4,13-15H2,(H2,27,28,30,31). The number of nitrogens with zero attached hydrogens (tertiary/aromatic N) is 6. The Kier molecular flexibility index (Phi) is 27.7. The van der Waals surface area contributed by atoms with E-state index in [2.05, 4.69) is 111 Å². The minimum absolute atomic E-state index is 0.00865. The number of aromatic nitrogens is 6. The maximum absolute atomic E-state index is 14.0. The van der Waals surface area contributed by atoms with Gasteiger partial charge in [0, 0.05) is 108 Å². The number of nitrogens with one attached hydrogen (secondary N) is 12. The summed E-state index contributed by atoms with van der Waals surface area (Å²) in [4.78, 5) is 26.6. The Balaban J connectivity index is 0.000000176. The van der Waals surface area contributed by atoms with Crippen molar-refractivity contribution in [3.63, 3.8) is 0 Å². The van der Waals surface area contributed by atoms with Crippen molar-refractivity contribution in [2.45, 2.75) is 94.1 Å². The molecule has 110 heavy (non-hydrogen) atoms. The summed E-state index contributed by atoms with van der Waals surface area (Å²) >= 11 is 0. The molecule has 3 aromatic heterocycles. The molecule has 0 amide bonds. The minimum atomic E-state index is -4.24. The highest BCUT2D eigenvalue weighted by atomic mass is 32.2. The van der Waals surface area contributed by atoms with Gasteiger partial charge in [0.25, 0.3) is 0 Å². The van der Waals surface area contributed by atoms with Gasteiger partial charge >= 0.3 is 0 Å². The molecule has 12 N–H and O–H groups in total. The topological polar surface area (TPSA) is 411 Å². The first-order chi connectivity index (χ1) is 52.5. The molecule has 6 aromatic carbocycles. The molecule has 576 valence electrons. The molecule has 3 aliphatic heterocycles. The Morgan fingerprint density at radius 1 is 0.427 bits per heavy atom. The van der Waals surface area contributed by atoms with Crippen molar-refractivity contribution in [2.24, 2.45) is 0 Å². The molecule has 12 bridgehead atoms. The maximum Gasteiger partial charge on any atom is 0.243 e. The number of sulfonamides is 3. The van der Waals surface area contributed by atoms with E-state index in [1.54, 1.807) is 92.1 Å². The molecule has 27 nitrogen and oxygen atoms in total. The van der Waals surface area contributed by atoms with E-state index >= 15 is 0 Å². The van der Waals surface area contributed by atoms with Gasteiger partial charge in [0.05, 0.1) is 69.4 Å². The zero-order chi connectivity index (χ0) is 78.5. The van der Waals surface area contributed by atoms with Gasteiger partial charge < -0.3 is 31.9 Å². The summed E-state index contributed by atoms with van der Waals surface area (Å²) in [5.41, 5.74) is 4.06. The van der Waals surface area contributed by atoms with Gasteiger partial charge in [-0.1, -0.05) is 59.8 Å². The van der Waals surface area contributed by atoms with Gasteiger partial charge in [-0.15, -0.1) is 0 Å². The van der Waals surface area contributed by atoms with Crippen LogP contribution in [0.15, 0.2) is 181 Å². The monoisotopic (exact) mass is 1620 g/mol. The molecule has 3 aliphatic rings. The van der Waals surface area contributed by atoms with Crippen LogP contribution in [0.4, 0.5) is 69.9 Å². The highest BCUT2D eigenvalue weighted by molar-refractivity contribution is 7.93. The predicted molar refractivity (Wildman–Crippen MR) is 414 cm³/mol. The van der Waals surface area contributed by atoms with Crippen molar-refractivity contribution < 1.29 is 55.4 Å². The van der Waals surface area contributed by atoms with E-state index in [4.69, 9.17) is 14.3 Å². The van der Waals surface area contributed by atoms with Crippen LogP contribution in [0.5, 0.6) is 0 Å². The molecular formula is C73H76F4N18O9S6. The SMILES string of the molecule is Cc1ccc(F)c(S(=O)(=O)NCCC#Cc2cnc3nc2NCCCCS(=N)(=O)c2cccc(c2)N3)c1.N=S1(=O)CCCCNc2nc(ncc2C#CCCNS(=O)(=O)c2cc(F)ccc2F)Nc2cccc1c2.N=S1(=O)CCCCNc2nc(ncc2C#CCCNS(=O)(=O)c2ccc(F)cc2)Nc2cccc1c2. The van der Waals surface area contributed by atoms with Gasteiger partial charge in [-0.3, -0.25) is 0 Å². The van der Waals surface area contributed by atoms with E-state index in [1.807, 2.05) is 0 Å². The van der Waals surface area contributed by atoms with Crippen molar-refractivity contribution >= 4 is 112 Å². The Bertz CT molecular complexity index is 5570. The lowest BCUT2D eigenvalue weighted by Crippen LogP contribution is -2.25. The molecule has 0 aliphatic carbocycles. The number of rotatable bonds is 12. The van der Waals surface area contributed by atoms with Crippen LogP contribution in [-0.2, 0) is 59.3 Å². The third kappa shape index (κ3) is 23.4. The van der Waals surface area contributed by atoms with Crippen LogP contribution in [0.1, 0.15) is 80.0 Å². The Labute approximate surface area is 636 Å². The summed E-state index contributed by atoms with van der Waals surface area (Å²) in [5, 5.41) is 18.8. The molecule has 6 heterocycles. The fraction of sp³-hybridized carbons (Fsp3) is 0.260. The molecule has 9 aromatic rings. The van der Waals surface area contributed by atoms with Crippen molar-refractivity contribution in [3.8, 4) is 35.5 Å². The van der Waals surface area contributed by atoms with Crippen LogP contribution >= 0.6 is 0 Å². The Morgan fingerprint density at radius 2 is 0.773 bits per heavy atom. The lowest BCUT2D eigenvalue weighted by atomic mass is 10.2. The molecule has 3 atom stereocenters. The second-order valence-corrected chi connectivity index (χ2v) is 36.6. The molecule has 0 fully saturated rings. The maximum atomic E-state index is 14.0. The predicted octanol–water partition coefficient (Wildman–Crippen LogP) is 11.5. The first-order valence-electron chi connectivity index (χ1n) is 34.2. The van der Waals surface area contributed by atoms with E-state index in [-0.39, 0.29) is 71.9 Å². The molecule has 0 saturated carbocycles. The van der Waals surface area contributed by atoms with Gasteiger partial charge in [0.1, 0.15) is 50.5 Å². The summed E-state index contributed by atoms with van der Waals surface area (Å²) in [5.74, 6) is 17.5. The van der Waals surface area contributed by atoms with Crippen LogP contribution in [0.3, 0.4) is 0 Å². The normalized spacial score (nSPS) is 17.6. The molecule has 0 radical (unpaired) electrons. The number of hydrogen-bond acceptors (Lipinski definition) is 24. The second-order valence-electron chi connectivity index (χ2n) is 24.7.